The molecule has 0 radical (unpaired) electrons. The van der Waals surface area contributed by atoms with Crippen LogP contribution in [0.5, 0.6) is 11.5 Å². The predicted molar refractivity (Wildman–Crippen MR) is 106 cm³/mol. The Kier molecular flexibility index (Phi) is 7.50. The first-order chi connectivity index (χ1) is 12.6. The zero-order chi connectivity index (χ0) is 18.5. The Balaban J connectivity index is 0.00000261. The highest BCUT2D eigenvalue weighted by Crippen LogP contribution is 2.29. The summed E-state index contributed by atoms with van der Waals surface area (Å²) in [5.74, 6) is 1.60. The number of aryl methyl sites for hydroxylation is 1. The van der Waals surface area contributed by atoms with E-state index in [-0.39, 0.29) is 30.2 Å². The van der Waals surface area contributed by atoms with Crippen LogP contribution < -0.4 is 20.1 Å². The zero-order valence-electron chi connectivity index (χ0n) is 15.9. The molecular weight excluding hydrogens is 368 g/mol. The number of nitrogens with zero attached hydrogens (tertiary/aromatic N) is 2. The van der Waals surface area contributed by atoms with Crippen LogP contribution in [0.2, 0.25) is 0 Å². The first-order valence-corrected chi connectivity index (χ1v) is 8.80. The molecule has 7 nitrogen and oxygen atoms in total. The number of ether oxygens (including phenoxy) is 2. The van der Waals surface area contributed by atoms with Crippen LogP contribution in [0.1, 0.15) is 17.0 Å². The minimum Gasteiger partial charge on any atom is -0.493 e. The monoisotopic (exact) mass is 394 g/mol. The summed E-state index contributed by atoms with van der Waals surface area (Å²) in [4.78, 5) is 12.6. The minimum absolute atomic E-state index is 0. The van der Waals surface area contributed by atoms with Gasteiger partial charge in [0.15, 0.2) is 11.5 Å². The number of hydrogen-bond acceptors (Lipinski definition) is 5. The molecule has 27 heavy (non-hydrogen) atoms. The highest BCUT2D eigenvalue weighted by atomic mass is 35.5. The second kappa shape index (κ2) is 9.62. The van der Waals surface area contributed by atoms with Crippen molar-refractivity contribution in [3.8, 4) is 11.5 Å². The molecule has 2 aromatic rings. The fraction of sp³-hybridized carbons (Fsp3) is 0.474. The Morgan fingerprint density at radius 1 is 1.30 bits per heavy atom. The number of hydrogen-bond donors (Lipinski definition) is 2. The molecule has 0 spiro atoms. The first-order valence-electron chi connectivity index (χ1n) is 8.80. The first kappa shape index (κ1) is 21.1. The fourth-order valence-electron chi connectivity index (χ4n) is 3.43. The number of rotatable bonds is 7. The smallest absolute Gasteiger partial charge is 0.225 e. The molecule has 1 saturated heterocycles. The summed E-state index contributed by atoms with van der Waals surface area (Å²) in [6, 6.07) is 5.82. The van der Waals surface area contributed by atoms with Crippen molar-refractivity contribution in [2.75, 3.05) is 33.9 Å². The molecule has 1 aromatic carbocycles. The van der Waals surface area contributed by atoms with Crippen LogP contribution in [0.25, 0.3) is 0 Å². The lowest BCUT2D eigenvalue weighted by Crippen LogP contribution is -2.35. The van der Waals surface area contributed by atoms with E-state index >= 15 is 0 Å². The predicted octanol–water partition coefficient (Wildman–Crippen LogP) is 1.52. The molecule has 8 heteroatoms. The van der Waals surface area contributed by atoms with Gasteiger partial charge in [-0.25, -0.2) is 0 Å². The molecular formula is C19H27ClN4O3. The number of carbonyl (C=O) groups is 1. The third kappa shape index (κ3) is 4.93. The van der Waals surface area contributed by atoms with E-state index in [0.29, 0.717) is 24.6 Å². The number of carbonyl (C=O) groups excluding carboxylic acids is 1. The van der Waals surface area contributed by atoms with Crippen LogP contribution in [-0.4, -0.2) is 49.5 Å². The number of amides is 1. The van der Waals surface area contributed by atoms with Crippen molar-refractivity contribution < 1.29 is 14.3 Å². The topological polar surface area (TPSA) is 77.4 Å². The molecule has 0 unspecified atom stereocenters. The highest BCUT2D eigenvalue weighted by molar-refractivity contribution is 5.85. The van der Waals surface area contributed by atoms with Gasteiger partial charge in [0.25, 0.3) is 0 Å². The van der Waals surface area contributed by atoms with E-state index in [2.05, 4.69) is 15.7 Å². The van der Waals surface area contributed by atoms with Gasteiger partial charge in [-0.3, -0.25) is 9.48 Å². The SMILES string of the molecule is COc1ccc(CCNC(=O)[C@H]2CNC[C@@H]2c2cnn(C)c2)cc1OC.Cl. The van der Waals surface area contributed by atoms with E-state index in [4.69, 9.17) is 9.47 Å². The second-order valence-corrected chi connectivity index (χ2v) is 6.55. The average molecular weight is 395 g/mol. The molecule has 0 saturated carbocycles. The molecule has 1 amide bonds. The van der Waals surface area contributed by atoms with Crippen molar-refractivity contribution in [1.29, 1.82) is 0 Å². The maximum absolute atomic E-state index is 12.6. The normalized spacial score (nSPS) is 18.6. The van der Waals surface area contributed by atoms with Crippen molar-refractivity contribution in [3.63, 3.8) is 0 Å². The quantitative estimate of drug-likeness (QED) is 0.744. The molecule has 1 aromatic heterocycles. The molecule has 2 heterocycles. The lowest BCUT2D eigenvalue weighted by atomic mass is 9.90. The lowest BCUT2D eigenvalue weighted by Gasteiger charge is -2.17. The number of methoxy groups -OCH3 is 2. The Morgan fingerprint density at radius 2 is 2.07 bits per heavy atom. The van der Waals surface area contributed by atoms with Gasteiger partial charge < -0.3 is 20.1 Å². The second-order valence-electron chi connectivity index (χ2n) is 6.55. The van der Waals surface area contributed by atoms with Crippen molar-refractivity contribution >= 4 is 18.3 Å². The van der Waals surface area contributed by atoms with E-state index in [1.165, 1.54) is 0 Å². The minimum atomic E-state index is -0.0652. The molecule has 2 N–H and O–H groups in total. The van der Waals surface area contributed by atoms with Gasteiger partial charge in [0.05, 0.1) is 26.3 Å². The molecule has 2 atom stereocenters. The number of aromatic nitrogens is 2. The lowest BCUT2D eigenvalue weighted by molar-refractivity contribution is -0.124. The third-order valence-electron chi connectivity index (χ3n) is 4.86. The third-order valence-corrected chi connectivity index (χ3v) is 4.86. The summed E-state index contributed by atoms with van der Waals surface area (Å²) < 4.78 is 12.3. The fourth-order valence-corrected chi connectivity index (χ4v) is 3.43. The van der Waals surface area contributed by atoms with Gasteiger partial charge in [-0.15, -0.1) is 12.4 Å². The number of benzene rings is 1. The number of nitrogens with one attached hydrogen (secondary N) is 2. The van der Waals surface area contributed by atoms with Crippen molar-refractivity contribution in [2.45, 2.75) is 12.3 Å². The standard InChI is InChI=1S/C19H26N4O3.ClH/c1-23-12-14(9-22-23)15-10-20-11-16(15)19(24)21-7-6-13-4-5-17(25-2)18(8-13)26-3;/h4-5,8-9,12,15-16,20H,6-7,10-11H2,1-3H3,(H,21,24);1H/t15-,16+;/m1./s1. The maximum Gasteiger partial charge on any atom is 0.225 e. The molecule has 0 bridgehead atoms. The van der Waals surface area contributed by atoms with Gasteiger partial charge >= 0.3 is 0 Å². The van der Waals surface area contributed by atoms with E-state index in [9.17, 15) is 4.79 Å². The Hall–Kier alpha value is -2.25. The van der Waals surface area contributed by atoms with Crippen LogP contribution in [0.15, 0.2) is 30.6 Å². The van der Waals surface area contributed by atoms with Gasteiger partial charge in [-0.1, -0.05) is 6.07 Å². The Labute approximate surface area is 165 Å². The average Bonchev–Trinajstić information content (AvgIpc) is 3.30. The zero-order valence-corrected chi connectivity index (χ0v) is 16.7. The van der Waals surface area contributed by atoms with Gasteiger partial charge in [0.1, 0.15) is 0 Å². The molecule has 0 aliphatic carbocycles. The largest absolute Gasteiger partial charge is 0.493 e. The molecule has 1 fully saturated rings. The van der Waals surface area contributed by atoms with Crippen LogP contribution in [0, 0.1) is 5.92 Å². The van der Waals surface area contributed by atoms with E-state index in [1.54, 1.807) is 18.9 Å². The summed E-state index contributed by atoms with van der Waals surface area (Å²) in [6.45, 7) is 2.09. The summed E-state index contributed by atoms with van der Waals surface area (Å²) >= 11 is 0. The van der Waals surface area contributed by atoms with Crippen molar-refractivity contribution in [3.05, 3.63) is 41.7 Å². The van der Waals surface area contributed by atoms with Crippen LogP contribution in [0.3, 0.4) is 0 Å². The molecule has 148 valence electrons. The van der Waals surface area contributed by atoms with Crippen molar-refractivity contribution in [2.24, 2.45) is 13.0 Å². The summed E-state index contributed by atoms with van der Waals surface area (Å²) in [6.07, 6.45) is 4.58. The summed E-state index contributed by atoms with van der Waals surface area (Å²) in [5.41, 5.74) is 2.20. The highest BCUT2D eigenvalue weighted by Gasteiger charge is 2.34. The van der Waals surface area contributed by atoms with E-state index in [0.717, 1.165) is 24.1 Å². The Morgan fingerprint density at radius 3 is 2.74 bits per heavy atom. The van der Waals surface area contributed by atoms with Gasteiger partial charge in [-0.2, -0.15) is 5.10 Å². The van der Waals surface area contributed by atoms with Gasteiger partial charge in [0, 0.05) is 38.8 Å². The van der Waals surface area contributed by atoms with Crippen LogP contribution in [0.4, 0.5) is 0 Å². The number of halogens is 1. The van der Waals surface area contributed by atoms with Gasteiger partial charge in [-0.05, 0) is 29.7 Å². The molecule has 3 rings (SSSR count). The molecule has 1 aliphatic rings. The van der Waals surface area contributed by atoms with Crippen LogP contribution in [-0.2, 0) is 18.3 Å². The van der Waals surface area contributed by atoms with Gasteiger partial charge in [0.2, 0.25) is 5.91 Å². The maximum atomic E-state index is 12.6. The van der Waals surface area contributed by atoms with Crippen molar-refractivity contribution in [1.82, 2.24) is 20.4 Å². The molecule has 1 aliphatic heterocycles. The van der Waals surface area contributed by atoms with Crippen LogP contribution >= 0.6 is 12.4 Å². The summed E-state index contributed by atoms with van der Waals surface area (Å²) in [7, 11) is 5.13. The van der Waals surface area contributed by atoms with E-state index < -0.39 is 0 Å². The van der Waals surface area contributed by atoms with E-state index in [1.807, 2.05) is 37.6 Å². The Bertz CT molecular complexity index is 765. The summed E-state index contributed by atoms with van der Waals surface area (Å²) in [5, 5.41) is 10.6.